The summed E-state index contributed by atoms with van der Waals surface area (Å²) in [5.74, 6) is -0.281. The van der Waals surface area contributed by atoms with Gasteiger partial charge in [-0.25, -0.2) is 9.78 Å². The van der Waals surface area contributed by atoms with Crippen LogP contribution in [0.3, 0.4) is 0 Å². The van der Waals surface area contributed by atoms with Gasteiger partial charge in [-0.3, -0.25) is 0 Å². The van der Waals surface area contributed by atoms with Crippen LogP contribution < -0.4 is 5.32 Å². The lowest BCUT2D eigenvalue weighted by Crippen LogP contribution is -2.23. The number of thiazole rings is 1. The van der Waals surface area contributed by atoms with Crippen molar-refractivity contribution in [1.82, 2.24) is 4.98 Å². The van der Waals surface area contributed by atoms with Crippen molar-refractivity contribution >= 4 is 22.4 Å². The van der Waals surface area contributed by atoms with Gasteiger partial charge in [0, 0.05) is 6.04 Å². The molecule has 0 spiro atoms. The third-order valence-corrected chi connectivity index (χ3v) is 3.35. The van der Waals surface area contributed by atoms with Crippen molar-refractivity contribution in [1.29, 1.82) is 0 Å². The average Bonchev–Trinajstić information content (AvgIpc) is 2.86. The Labute approximate surface area is 105 Å². The molecule has 17 heavy (non-hydrogen) atoms. The fraction of sp³-hybridized carbons (Fsp3) is 0.667. The maximum Gasteiger partial charge on any atom is 0.350 e. The van der Waals surface area contributed by atoms with E-state index >= 15 is 0 Å². The molecule has 0 saturated heterocycles. The third kappa shape index (κ3) is 3.43. The Morgan fingerprint density at radius 1 is 1.47 bits per heavy atom. The molecule has 1 aromatic heterocycles. The van der Waals surface area contributed by atoms with Gasteiger partial charge in [-0.1, -0.05) is 11.3 Å². The lowest BCUT2D eigenvalue weighted by molar-refractivity contribution is 0.00742. The van der Waals surface area contributed by atoms with Gasteiger partial charge in [0.1, 0.15) is 10.5 Å². The van der Waals surface area contributed by atoms with Crippen molar-refractivity contribution in [3.63, 3.8) is 0 Å². The molecular formula is C12H18N2O2S. The fourth-order valence-corrected chi connectivity index (χ4v) is 2.29. The van der Waals surface area contributed by atoms with E-state index in [4.69, 9.17) is 4.74 Å². The van der Waals surface area contributed by atoms with Crippen molar-refractivity contribution in [3.05, 3.63) is 10.6 Å². The van der Waals surface area contributed by atoms with Gasteiger partial charge >= 0.3 is 5.97 Å². The Kier molecular flexibility index (Phi) is 3.12. The number of aryl methyl sites for hydroxylation is 1. The zero-order valence-electron chi connectivity index (χ0n) is 10.7. The summed E-state index contributed by atoms with van der Waals surface area (Å²) < 4.78 is 5.34. The molecule has 0 radical (unpaired) electrons. The summed E-state index contributed by atoms with van der Waals surface area (Å²) in [6, 6.07) is 0.548. The van der Waals surface area contributed by atoms with E-state index in [0.29, 0.717) is 10.9 Å². The smallest absolute Gasteiger partial charge is 0.350 e. The third-order valence-electron chi connectivity index (χ3n) is 2.29. The number of rotatable bonds is 3. The molecule has 0 bridgehead atoms. The number of nitrogens with one attached hydrogen (secondary N) is 1. The van der Waals surface area contributed by atoms with Gasteiger partial charge in [0.15, 0.2) is 5.13 Å². The van der Waals surface area contributed by atoms with Gasteiger partial charge in [-0.2, -0.15) is 0 Å². The van der Waals surface area contributed by atoms with E-state index in [1.165, 1.54) is 24.2 Å². The summed E-state index contributed by atoms with van der Waals surface area (Å²) in [5, 5.41) is 4.12. The van der Waals surface area contributed by atoms with Gasteiger partial charge < -0.3 is 10.1 Å². The summed E-state index contributed by atoms with van der Waals surface area (Å²) in [4.78, 5) is 16.9. The van der Waals surface area contributed by atoms with Crippen LogP contribution >= 0.6 is 11.3 Å². The number of ether oxygens (including phenoxy) is 1. The van der Waals surface area contributed by atoms with Crippen molar-refractivity contribution in [2.24, 2.45) is 0 Å². The lowest BCUT2D eigenvalue weighted by atomic mass is 10.2. The monoisotopic (exact) mass is 254 g/mol. The number of anilines is 1. The number of hydrogen-bond donors (Lipinski definition) is 1. The number of nitrogens with zero attached hydrogens (tertiary/aromatic N) is 1. The highest BCUT2D eigenvalue weighted by Gasteiger charge is 2.25. The predicted molar refractivity (Wildman–Crippen MR) is 68.7 cm³/mol. The van der Waals surface area contributed by atoms with Crippen molar-refractivity contribution < 1.29 is 9.53 Å². The summed E-state index contributed by atoms with van der Waals surface area (Å²) >= 11 is 1.38. The predicted octanol–water partition coefficient (Wildman–Crippen LogP) is 2.98. The largest absolute Gasteiger partial charge is 0.456 e. The van der Waals surface area contributed by atoms with Crippen LogP contribution in [0.1, 0.15) is 49.0 Å². The minimum absolute atomic E-state index is 0.281. The first-order valence-corrected chi connectivity index (χ1v) is 6.64. The molecule has 94 valence electrons. The molecule has 0 atom stereocenters. The van der Waals surface area contributed by atoms with Gasteiger partial charge in [0.05, 0.1) is 5.69 Å². The molecule has 1 aliphatic rings. The van der Waals surface area contributed by atoms with Crippen LogP contribution in [-0.4, -0.2) is 22.6 Å². The van der Waals surface area contributed by atoms with E-state index in [0.717, 1.165) is 10.8 Å². The maximum absolute atomic E-state index is 11.9. The van der Waals surface area contributed by atoms with Gasteiger partial charge in [0.2, 0.25) is 0 Å². The highest BCUT2D eigenvalue weighted by molar-refractivity contribution is 7.17. The summed E-state index contributed by atoms with van der Waals surface area (Å²) in [7, 11) is 0. The van der Waals surface area contributed by atoms with Crippen LogP contribution in [0.15, 0.2) is 0 Å². The fourth-order valence-electron chi connectivity index (χ4n) is 1.37. The second-order valence-corrected chi connectivity index (χ2v) is 6.35. The topological polar surface area (TPSA) is 51.2 Å². The molecule has 1 aliphatic carbocycles. The zero-order chi connectivity index (χ0) is 12.6. The van der Waals surface area contributed by atoms with Crippen molar-refractivity contribution in [3.8, 4) is 0 Å². The summed E-state index contributed by atoms with van der Waals surface area (Å²) in [5.41, 5.74) is 0.282. The highest BCUT2D eigenvalue weighted by Crippen LogP contribution is 2.30. The first kappa shape index (κ1) is 12.4. The molecule has 0 aliphatic heterocycles. The zero-order valence-corrected chi connectivity index (χ0v) is 11.5. The minimum atomic E-state index is -0.461. The second kappa shape index (κ2) is 4.29. The molecule has 1 heterocycles. The number of carbonyl (C=O) groups excluding carboxylic acids is 1. The SMILES string of the molecule is Cc1nc(NC2CC2)sc1C(=O)OC(C)(C)C. The summed E-state index contributed by atoms with van der Waals surface area (Å²) in [6.45, 7) is 7.44. The van der Waals surface area contributed by atoms with Crippen LogP contribution in [0, 0.1) is 6.92 Å². The van der Waals surface area contributed by atoms with E-state index in [-0.39, 0.29) is 5.97 Å². The Balaban J connectivity index is 2.08. The van der Waals surface area contributed by atoms with Crippen molar-refractivity contribution in [2.75, 3.05) is 5.32 Å². The number of hydrogen-bond acceptors (Lipinski definition) is 5. The van der Waals surface area contributed by atoms with E-state index < -0.39 is 5.60 Å². The van der Waals surface area contributed by atoms with E-state index in [1.807, 2.05) is 27.7 Å². The Morgan fingerprint density at radius 2 is 2.12 bits per heavy atom. The Morgan fingerprint density at radius 3 is 2.65 bits per heavy atom. The lowest BCUT2D eigenvalue weighted by Gasteiger charge is -2.18. The number of carbonyl (C=O) groups is 1. The molecule has 0 aromatic carbocycles. The second-order valence-electron chi connectivity index (χ2n) is 5.35. The normalized spacial score (nSPS) is 15.8. The maximum atomic E-state index is 11.9. The molecule has 5 heteroatoms. The van der Waals surface area contributed by atoms with Crippen LogP contribution in [0.4, 0.5) is 5.13 Å². The molecule has 1 N–H and O–H groups in total. The van der Waals surface area contributed by atoms with Crippen molar-refractivity contribution in [2.45, 2.75) is 52.2 Å². The average molecular weight is 254 g/mol. The molecule has 4 nitrogen and oxygen atoms in total. The Hall–Kier alpha value is -1.10. The molecule has 2 rings (SSSR count). The van der Waals surface area contributed by atoms with E-state index in [9.17, 15) is 4.79 Å². The van der Waals surface area contributed by atoms with Gasteiger partial charge in [-0.15, -0.1) is 0 Å². The number of esters is 1. The molecular weight excluding hydrogens is 236 g/mol. The van der Waals surface area contributed by atoms with E-state index in [2.05, 4.69) is 10.3 Å². The van der Waals surface area contributed by atoms with Crippen LogP contribution in [0.2, 0.25) is 0 Å². The highest BCUT2D eigenvalue weighted by atomic mass is 32.1. The first-order chi connectivity index (χ1) is 7.85. The standard InChI is InChI=1S/C12H18N2O2S/c1-7-9(10(15)16-12(2,3)4)17-11(13-7)14-8-5-6-8/h8H,5-6H2,1-4H3,(H,13,14). The van der Waals surface area contributed by atoms with Gasteiger partial charge in [0.25, 0.3) is 0 Å². The van der Waals surface area contributed by atoms with Crippen LogP contribution in [0.25, 0.3) is 0 Å². The minimum Gasteiger partial charge on any atom is -0.456 e. The van der Waals surface area contributed by atoms with E-state index in [1.54, 1.807) is 0 Å². The first-order valence-electron chi connectivity index (χ1n) is 5.82. The van der Waals surface area contributed by atoms with Gasteiger partial charge in [-0.05, 0) is 40.5 Å². The molecule has 1 fully saturated rings. The molecule has 1 aromatic rings. The molecule has 1 saturated carbocycles. The Bertz CT molecular complexity index is 430. The summed E-state index contributed by atoms with van der Waals surface area (Å²) in [6.07, 6.45) is 2.39. The number of aromatic nitrogens is 1. The molecule has 0 unspecified atom stereocenters. The quantitative estimate of drug-likeness (QED) is 0.842. The van der Waals surface area contributed by atoms with Crippen LogP contribution in [-0.2, 0) is 4.74 Å². The van der Waals surface area contributed by atoms with Crippen LogP contribution in [0.5, 0.6) is 0 Å². The molecule has 0 amide bonds.